The molecule has 0 spiro atoms. The van der Waals surface area contributed by atoms with Crippen molar-refractivity contribution in [3.8, 4) is 0 Å². The van der Waals surface area contributed by atoms with Crippen LogP contribution in [0.15, 0.2) is 24.3 Å². The molecule has 2 N–H and O–H groups in total. The maximum Gasteiger partial charge on any atom is 0.316 e. The average molecular weight is 387 g/mol. The Bertz CT molecular complexity index is 614. The number of hydrogen-bond donors (Lipinski definition) is 2. The third kappa shape index (κ3) is 9.36. The summed E-state index contributed by atoms with van der Waals surface area (Å²) in [6.45, 7) is 7.04. The molecule has 0 radical (unpaired) electrons. The molecule has 0 aliphatic carbocycles. The molecule has 1 atom stereocenters. The second kappa shape index (κ2) is 9.68. The van der Waals surface area contributed by atoms with Gasteiger partial charge in [0.15, 0.2) is 6.10 Å². The Balaban J connectivity index is 2.28. The number of carbonyl (C=O) groups is 3. The summed E-state index contributed by atoms with van der Waals surface area (Å²) in [6.07, 6.45) is -0.879. The Hall–Kier alpha value is -1.73. The van der Waals surface area contributed by atoms with E-state index in [1.807, 2.05) is 20.8 Å². The minimum Gasteiger partial charge on any atom is -0.452 e. The molecule has 0 saturated carbocycles. The van der Waals surface area contributed by atoms with Crippen molar-refractivity contribution >= 4 is 46.8 Å². The van der Waals surface area contributed by atoms with E-state index >= 15 is 0 Å². The fourth-order valence-electron chi connectivity index (χ4n) is 1.71. The van der Waals surface area contributed by atoms with Gasteiger partial charge >= 0.3 is 5.97 Å². The van der Waals surface area contributed by atoms with E-state index in [1.165, 1.54) is 6.92 Å². The van der Waals surface area contributed by atoms with Gasteiger partial charge in [0.25, 0.3) is 5.91 Å². The fraction of sp³-hybridized carbons (Fsp3) is 0.471. The summed E-state index contributed by atoms with van der Waals surface area (Å²) in [7, 11) is 0. The number of halogens is 1. The Labute approximate surface area is 157 Å². The van der Waals surface area contributed by atoms with E-state index in [1.54, 1.807) is 24.3 Å². The molecule has 0 fully saturated rings. The van der Waals surface area contributed by atoms with Crippen LogP contribution in [-0.2, 0) is 19.1 Å². The van der Waals surface area contributed by atoms with Gasteiger partial charge in [-0.1, -0.05) is 11.6 Å². The van der Waals surface area contributed by atoms with Gasteiger partial charge in [-0.25, -0.2) is 0 Å². The van der Waals surface area contributed by atoms with Crippen molar-refractivity contribution in [1.82, 2.24) is 5.32 Å². The van der Waals surface area contributed by atoms with Crippen molar-refractivity contribution in [3.05, 3.63) is 29.3 Å². The molecule has 1 aromatic carbocycles. The first-order valence-corrected chi connectivity index (χ1v) is 9.25. The minimum atomic E-state index is -0.879. The van der Waals surface area contributed by atoms with Crippen LogP contribution in [0.2, 0.25) is 5.02 Å². The SMILES string of the molecule is C[C@H](OC(=O)CSCC(=O)Nc1ccc(Cl)cc1)C(=O)NC(C)(C)C. The van der Waals surface area contributed by atoms with Crippen LogP contribution in [0.5, 0.6) is 0 Å². The number of amides is 2. The van der Waals surface area contributed by atoms with Gasteiger partial charge in [-0.3, -0.25) is 14.4 Å². The molecule has 6 nitrogen and oxygen atoms in total. The fourth-order valence-corrected chi connectivity index (χ4v) is 2.43. The Kier molecular flexibility index (Phi) is 8.25. The number of nitrogens with one attached hydrogen (secondary N) is 2. The molecule has 138 valence electrons. The number of esters is 1. The second-order valence-corrected chi connectivity index (χ2v) is 7.84. The molecule has 1 rings (SSSR count). The zero-order valence-corrected chi connectivity index (χ0v) is 16.3. The van der Waals surface area contributed by atoms with Crippen molar-refractivity contribution in [2.45, 2.75) is 39.3 Å². The first-order chi connectivity index (χ1) is 11.6. The predicted octanol–water partition coefficient (Wildman–Crippen LogP) is 2.86. The summed E-state index contributed by atoms with van der Waals surface area (Å²) in [5.74, 6) is -1.05. The van der Waals surface area contributed by atoms with Crippen LogP contribution < -0.4 is 10.6 Å². The van der Waals surface area contributed by atoms with E-state index in [0.717, 1.165) is 11.8 Å². The van der Waals surface area contributed by atoms with Crippen LogP contribution in [-0.4, -0.2) is 40.9 Å². The molecular weight excluding hydrogens is 364 g/mol. The van der Waals surface area contributed by atoms with Crippen LogP contribution in [0.4, 0.5) is 5.69 Å². The standard InChI is InChI=1S/C17H23ClN2O4S/c1-11(16(23)20-17(2,3)4)24-15(22)10-25-9-14(21)19-13-7-5-12(18)6-8-13/h5-8,11H,9-10H2,1-4H3,(H,19,21)(H,20,23)/t11-/m0/s1. The molecule has 0 aliphatic heterocycles. The Morgan fingerprint density at radius 1 is 1.16 bits per heavy atom. The molecule has 2 amide bonds. The highest BCUT2D eigenvalue weighted by Crippen LogP contribution is 2.14. The predicted molar refractivity (Wildman–Crippen MR) is 101 cm³/mol. The Morgan fingerprint density at radius 3 is 2.32 bits per heavy atom. The van der Waals surface area contributed by atoms with Crippen molar-refractivity contribution < 1.29 is 19.1 Å². The molecule has 0 aliphatic rings. The van der Waals surface area contributed by atoms with Crippen molar-refractivity contribution in [3.63, 3.8) is 0 Å². The highest BCUT2D eigenvalue weighted by molar-refractivity contribution is 8.00. The van der Waals surface area contributed by atoms with Crippen LogP contribution >= 0.6 is 23.4 Å². The molecule has 0 saturated heterocycles. The van der Waals surface area contributed by atoms with Gasteiger partial charge in [0, 0.05) is 16.2 Å². The smallest absolute Gasteiger partial charge is 0.316 e. The summed E-state index contributed by atoms with van der Waals surface area (Å²) >= 11 is 6.88. The van der Waals surface area contributed by atoms with E-state index in [-0.39, 0.29) is 23.3 Å². The lowest BCUT2D eigenvalue weighted by molar-refractivity contribution is -0.152. The van der Waals surface area contributed by atoms with Crippen LogP contribution in [0.1, 0.15) is 27.7 Å². The normalized spacial score (nSPS) is 12.2. The van der Waals surface area contributed by atoms with E-state index in [0.29, 0.717) is 10.7 Å². The van der Waals surface area contributed by atoms with Crippen molar-refractivity contribution in [1.29, 1.82) is 0 Å². The van der Waals surface area contributed by atoms with Gasteiger partial charge in [0.05, 0.1) is 11.5 Å². The lowest BCUT2D eigenvalue weighted by Crippen LogP contribution is -2.46. The molecule has 1 aromatic rings. The molecule has 8 heteroatoms. The van der Waals surface area contributed by atoms with Gasteiger partial charge in [0.2, 0.25) is 5.91 Å². The third-order valence-electron chi connectivity index (χ3n) is 2.76. The molecule has 0 heterocycles. The highest BCUT2D eigenvalue weighted by atomic mass is 35.5. The number of benzene rings is 1. The summed E-state index contributed by atoms with van der Waals surface area (Å²) < 4.78 is 5.05. The highest BCUT2D eigenvalue weighted by Gasteiger charge is 2.22. The molecule has 25 heavy (non-hydrogen) atoms. The maximum absolute atomic E-state index is 11.8. The lowest BCUT2D eigenvalue weighted by atomic mass is 10.1. The van der Waals surface area contributed by atoms with Crippen molar-refractivity contribution in [2.75, 3.05) is 16.8 Å². The van der Waals surface area contributed by atoms with Crippen LogP contribution in [0, 0.1) is 0 Å². The maximum atomic E-state index is 11.8. The zero-order valence-electron chi connectivity index (χ0n) is 14.7. The first kappa shape index (κ1) is 21.3. The zero-order chi connectivity index (χ0) is 19.0. The van der Waals surface area contributed by atoms with Gasteiger partial charge in [-0.15, -0.1) is 11.8 Å². The number of carbonyl (C=O) groups excluding carboxylic acids is 3. The first-order valence-electron chi connectivity index (χ1n) is 7.71. The average Bonchev–Trinajstić information content (AvgIpc) is 2.47. The largest absolute Gasteiger partial charge is 0.452 e. The van der Waals surface area contributed by atoms with Gasteiger partial charge in [-0.05, 0) is 52.0 Å². The lowest BCUT2D eigenvalue weighted by Gasteiger charge is -2.23. The quantitative estimate of drug-likeness (QED) is 0.704. The topological polar surface area (TPSA) is 84.5 Å². The number of anilines is 1. The molecule has 0 aromatic heterocycles. The third-order valence-corrected chi connectivity index (χ3v) is 3.91. The van der Waals surface area contributed by atoms with Gasteiger partial charge < -0.3 is 15.4 Å². The molecule has 0 bridgehead atoms. The minimum absolute atomic E-state index is 0.0127. The van der Waals surface area contributed by atoms with E-state index in [9.17, 15) is 14.4 Å². The number of rotatable bonds is 7. The van der Waals surface area contributed by atoms with Crippen LogP contribution in [0.25, 0.3) is 0 Å². The number of thioether (sulfide) groups is 1. The second-order valence-electron chi connectivity index (χ2n) is 6.42. The summed E-state index contributed by atoms with van der Waals surface area (Å²) in [5, 5.41) is 6.01. The number of hydrogen-bond acceptors (Lipinski definition) is 5. The van der Waals surface area contributed by atoms with Crippen LogP contribution in [0.3, 0.4) is 0 Å². The monoisotopic (exact) mass is 386 g/mol. The van der Waals surface area contributed by atoms with E-state index < -0.39 is 17.6 Å². The van der Waals surface area contributed by atoms with Crippen molar-refractivity contribution in [2.24, 2.45) is 0 Å². The van der Waals surface area contributed by atoms with Gasteiger partial charge in [-0.2, -0.15) is 0 Å². The van der Waals surface area contributed by atoms with E-state index in [4.69, 9.17) is 16.3 Å². The van der Waals surface area contributed by atoms with Gasteiger partial charge in [0.1, 0.15) is 0 Å². The Morgan fingerprint density at radius 2 is 1.76 bits per heavy atom. The molecular formula is C17H23ClN2O4S. The number of ether oxygens (including phenoxy) is 1. The summed E-state index contributed by atoms with van der Waals surface area (Å²) in [5.41, 5.74) is 0.233. The summed E-state index contributed by atoms with van der Waals surface area (Å²) in [4.78, 5) is 35.4. The molecule has 0 unspecified atom stereocenters. The van der Waals surface area contributed by atoms with E-state index in [2.05, 4.69) is 10.6 Å². The summed E-state index contributed by atoms with van der Waals surface area (Å²) in [6, 6.07) is 6.72.